The van der Waals surface area contributed by atoms with E-state index < -0.39 is 6.04 Å². The second-order valence-corrected chi connectivity index (χ2v) is 7.58. The molecule has 0 spiro atoms. The SMILES string of the molecule is CCOc1ccc(C2NC(=O)NC=C2C(=O)c2ccc(N3CCCCC3)cc2)cc1. The van der Waals surface area contributed by atoms with E-state index in [9.17, 15) is 9.59 Å². The van der Waals surface area contributed by atoms with E-state index in [4.69, 9.17) is 4.74 Å². The zero-order valence-corrected chi connectivity index (χ0v) is 17.2. The van der Waals surface area contributed by atoms with Gasteiger partial charge in [0.2, 0.25) is 0 Å². The predicted octanol–water partition coefficient (Wildman–Crippen LogP) is 4.20. The summed E-state index contributed by atoms with van der Waals surface area (Å²) >= 11 is 0. The lowest BCUT2D eigenvalue weighted by Gasteiger charge is -2.29. The van der Waals surface area contributed by atoms with Crippen LogP contribution in [0, 0.1) is 0 Å². The Bertz CT molecular complexity index is 929. The van der Waals surface area contributed by atoms with Crippen LogP contribution in [0.3, 0.4) is 0 Å². The van der Waals surface area contributed by atoms with Gasteiger partial charge in [-0.3, -0.25) is 4.79 Å². The monoisotopic (exact) mass is 405 g/mol. The molecule has 2 amide bonds. The lowest BCUT2D eigenvalue weighted by Crippen LogP contribution is -2.42. The fraction of sp³-hybridized carbons (Fsp3) is 0.333. The minimum atomic E-state index is -0.510. The van der Waals surface area contributed by atoms with Crippen molar-refractivity contribution in [2.75, 3.05) is 24.6 Å². The Kier molecular flexibility index (Phi) is 6.02. The van der Waals surface area contributed by atoms with E-state index in [2.05, 4.69) is 15.5 Å². The smallest absolute Gasteiger partial charge is 0.319 e. The normalized spacial score (nSPS) is 18.8. The Labute approximate surface area is 176 Å². The molecule has 2 aromatic carbocycles. The first-order chi connectivity index (χ1) is 14.7. The Balaban J connectivity index is 1.55. The van der Waals surface area contributed by atoms with Crippen LogP contribution in [0.4, 0.5) is 10.5 Å². The van der Waals surface area contributed by atoms with Crippen LogP contribution < -0.4 is 20.3 Å². The molecule has 0 saturated carbocycles. The minimum absolute atomic E-state index is 0.105. The first-order valence-corrected chi connectivity index (χ1v) is 10.6. The molecule has 0 bridgehead atoms. The van der Waals surface area contributed by atoms with Gasteiger partial charge in [0.15, 0.2) is 5.78 Å². The number of nitrogens with zero attached hydrogens (tertiary/aromatic N) is 1. The molecule has 6 nitrogen and oxygen atoms in total. The van der Waals surface area contributed by atoms with Crippen molar-refractivity contribution < 1.29 is 14.3 Å². The Morgan fingerprint density at radius 1 is 1.03 bits per heavy atom. The number of rotatable bonds is 6. The molecule has 0 aliphatic carbocycles. The van der Waals surface area contributed by atoms with Gasteiger partial charge in [-0.15, -0.1) is 0 Å². The summed E-state index contributed by atoms with van der Waals surface area (Å²) in [6.07, 6.45) is 5.22. The third-order valence-electron chi connectivity index (χ3n) is 5.58. The molecule has 1 atom stereocenters. The van der Waals surface area contributed by atoms with E-state index in [1.165, 1.54) is 25.5 Å². The zero-order chi connectivity index (χ0) is 20.9. The number of piperidine rings is 1. The van der Waals surface area contributed by atoms with Crippen molar-refractivity contribution in [2.24, 2.45) is 0 Å². The van der Waals surface area contributed by atoms with E-state index in [0.29, 0.717) is 17.7 Å². The van der Waals surface area contributed by atoms with Gasteiger partial charge in [-0.1, -0.05) is 12.1 Å². The van der Waals surface area contributed by atoms with Gasteiger partial charge in [0.05, 0.1) is 12.6 Å². The van der Waals surface area contributed by atoms with Crippen LogP contribution in [0.15, 0.2) is 60.3 Å². The Morgan fingerprint density at radius 2 is 1.73 bits per heavy atom. The van der Waals surface area contributed by atoms with Gasteiger partial charge in [-0.05, 0) is 68.1 Å². The number of Topliss-reactive ketones (excluding diaryl/α,β-unsaturated/α-hetero) is 1. The third kappa shape index (κ3) is 4.32. The second-order valence-electron chi connectivity index (χ2n) is 7.58. The number of benzene rings is 2. The standard InChI is InChI=1S/C24H27N3O3/c1-2-30-20-12-8-17(9-13-20)22-21(16-25-24(29)26-22)23(28)18-6-10-19(11-7-18)27-14-4-3-5-15-27/h6-13,16,22H,2-5,14-15H2,1H3,(H2,25,26,29). The molecule has 4 rings (SSSR count). The lowest BCUT2D eigenvalue weighted by atomic mass is 9.92. The lowest BCUT2D eigenvalue weighted by molar-refractivity contribution is 0.102. The third-order valence-corrected chi connectivity index (χ3v) is 5.58. The van der Waals surface area contributed by atoms with Crippen LogP contribution in [0.2, 0.25) is 0 Å². The molecule has 6 heteroatoms. The molecule has 0 aromatic heterocycles. The van der Waals surface area contributed by atoms with Crippen molar-refractivity contribution in [1.82, 2.24) is 10.6 Å². The average Bonchev–Trinajstić information content (AvgIpc) is 2.80. The van der Waals surface area contributed by atoms with Crippen LogP contribution in [0.1, 0.15) is 48.1 Å². The van der Waals surface area contributed by atoms with Crippen LogP contribution in [-0.2, 0) is 0 Å². The zero-order valence-electron chi connectivity index (χ0n) is 17.2. The first kappa shape index (κ1) is 20.0. The van der Waals surface area contributed by atoms with Crippen LogP contribution in [0.25, 0.3) is 0 Å². The summed E-state index contributed by atoms with van der Waals surface area (Å²) in [5.41, 5.74) is 3.09. The highest BCUT2D eigenvalue weighted by molar-refractivity contribution is 6.10. The molecular formula is C24H27N3O3. The highest BCUT2D eigenvalue weighted by Gasteiger charge is 2.28. The van der Waals surface area contributed by atoms with Crippen molar-refractivity contribution in [3.05, 3.63) is 71.4 Å². The van der Waals surface area contributed by atoms with E-state index >= 15 is 0 Å². The molecule has 2 aliphatic heterocycles. The maximum Gasteiger partial charge on any atom is 0.319 e. The second kappa shape index (κ2) is 9.03. The highest BCUT2D eigenvalue weighted by Crippen LogP contribution is 2.29. The van der Waals surface area contributed by atoms with Crippen molar-refractivity contribution in [3.63, 3.8) is 0 Å². The van der Waals surface area contributed by atoms with Gasteiger partial charge >= 0.3 is 6.03 Å². The molecule has 1 saturated heterocycles. The fourth-order valence-corrected chi connectivity index (χ4v) is 4.00. The van der Waals surface area contributed by atoms with Gasteiger partial charge in [0.1, 0.15) is 5.75 Å². The largest absolute Gasteiger partial charge is 0.494 e. The molecule has 2 aromatic rings. The van der Waals surface area contributed by atoms with Gasteiger partial charge in [0.25, 0.3) is 0 Å². The van der Waals surface area contributed by atoms with Gasteiger partial charge in [0, 0.05) is 36.1 Å². The summed E-state index contributed by atoms with van der Waals surface area (Å²) in [6, 6.07) is 14.4. The molecule has 2 N–H and O–H groups in total. The number of hydrogen-bond acceptors (Lipinski definition) is 4. The number of hydrogen-bond donors (Lipinski definition) is 2. The van der Waals surface area contributed by atoms with E-state index in [-0.39, 0.29) is 11.8 Å². The van der Waals surface area contributed by atoms with Crippen molar-refractivity contribution in [3.8, 4) is 5.75 Å². The van der Waals surface area contributed by atoms with E-state index in [1.807, 2.05) is 55.5 Å². The molecule has 30 heavy (non-hydrogen) atoms. The van der Waals surface area contributed by atoms with Gasteiger partial charge in [-0.2, -0.15) is 0 Å². The molecule has 0 radical (unpaired) electrons. The van der Waals surface area contributed by atoms with Crippen molar-refractivity contribution in [2.45, 2.75) is 32.2 Å². The first-order valence-electron chi connectivity index (χ1n) is 10.6. The number of ether oxygens (including phenoxy) is 1. The van der Waals surface area contributed by atoms with Crippen molar-refractivity contribution in [1.29, 1.82) is 0 Å². The molecule has 2 aliphatic rings. The van der Waals surface area contributed by atoms with Gasteiger partial charge in [-0.25, -0.2) is 4.79 Å². The molecular weight excluding hydrogens is 378 g/mol. The minimum Gasteiger partial charge on any atom is -0.494 e. The fourth-order valence-electron chi connectivity index (χ4n) is 4.00. The number of anilines is 1. The summed E-state index contributed by atoms with van der Waals surface area (Å²) in [5.74, 6) is 0.651. The number of carbonyl (C=O) groups is 2. The number of nitrogens with one attached hydrogen (secondary N) is 2. The highest BCUT2D eigenvalue weighted by atomic mass is 16.5. The quantitative estimate of drug-likeness (QED) is 0.707. The van der Waals surface area contributed by atoms with Crippen molar-refractivity contribution >= 4 is 17.5 Å². The maximum atomic E-state index is 13.2. The number of amides is 2. The summed E-state index contributed by atoms with van der Waals surface area (Å²) in [6.45, 7) is 4.64. The molecule has 1 unspecified atom stereocenters. The summed E-state index contributed by atoms with van der Waals surface area (Å²) in [7, 11) is 0. The maximum absolute atomic E-state index is 13.2. The summed E-state index contributed by atoms with van der Waals surface area (Å²) < 4.78 is 5.49. The average molecular weight is 405 g/mol. The van der Waals surface area contributed by atoms with Gasteiger partial charge < -0.3 is 20.3 Å². The summed E-state index contributed by atoms with van der Waals surface area (Å²) in [5, 5.41) is 5.47. The van der Waals surface area contributed by atoms with E-state index in [0.717, 1.165) is 30.1 Å². The number of urea groups is 1. The summed E-state index contributed by atoms with van der Waals surface area (Å²) in [4.78, 5) is 27.5. The Morgan fingerprint density at radius 3 is 2.40 bits per heavy atom. The molecule has 1 fully saturated rings. The van der Waals surface area contributed by atoms with Crippen LogP contribution in [-0.4, -0.2) is 31.5 Å². The number of carbonyl (C=O) groups excluding carboxylic acids is 2. The Hall–Kier alpha value is -3.28. The molecule has 2 heterocycles. The van der Waals surface area contributed by atoms with E-state index in [1.54, 1.807) is 0 Å². The topological polar surface area (TPSA) is 70.7 Å². The molecule has 156 valence electrons. The van der Waals surface area contributed by atoms with Crippen LogP contribution in [0.5, 0.6) is 5.75 Å². The number of ketones is 1. The predicted molar refractivity (Wildman–Crippen MR) is 117 cm³/mol. The van der Waals surface area contributed by atoms with Crippen LogP contribution >= 0.6 is 0 Å².